The zero-order chi connectivity index (χ0) is 21.2. The van der Waals surface area contributed by atoms with E-state index in [1.165, 1.54) is 24.3 Å². The predicted octanol–water partition coefficient (Wildman–Crippen LogP) is 5.35. The van der Waals surface area contributed by atoms with Gasteiger partial charge in [0.1, 0.15) is 5.82 Å². The fourth-order valence-electron chi connectivity index (χ4n) is 2.89. The molecule has 0 radical (unpaired) electrons. The number of hydrogen-bond donors (Lipinski definition) is 2. The van der Waals surface area contributed by atoms with E-state index in [1.54, 1.807) is 30.7 Å². The van der Waals surface area contributed by atoms with Crippen molar-refractivity contribution in [2.45, 2.75) is 26.6 Å². The molecule has 3 aromatic rings. The molecule has 29 heavy (non-hydrogen) atoms. The Balaban J connectivity index is 1.73. The summed E-state index contributed by atoms with van der Waals surface area (Å²) in [5, 5.41) is 9.35. The molecular weight excluding hydrogens is 388 g/mol. The van der Waals surface area contributed by atoms with Crippen LogP contribution >= 0.6 is 0 Å². The molecular formula is C20H18F4N4O. The van der Waals surface area contributed by atoms with Crippen molar-refractivity contribution in [3.05, 3.63) is 76.9 Å². The Hall–Kier alpha value is -3.36. The van der Waals surface area contributed by atoms with Crippen LogP contribution in [0.4, 0.5) is 33.7 Å². The molecule has 0 saturated heterocycles. The van der Waals surface area contributed by atoms with Crippen molar-refractivity contribution < 1.29 is 22.4 Å². The van der Waals surface area contributed by atoms with Gasteiger partial charge in [-0.05, 0) is 49.7 Å². The standard InChI is InChI=1S/C20H18F4N4O/c1-12-18(13(2)28(27-12)11-14-5-3-7-16(21)9-14)26-19(29)25-17-8-4-6-15(10-17)20(22,23)24/h3-10H,11H2,1-2H3,(H2,25,26,29). The molecule has 0 atom stereocenters. The third kappa shape index (κ3) is 4.92. The van der Waals surface area contributed by atoms with Gasteiger partial charge >= 0.3 is 12.2 Å². The SMILES string of the molecule is Cc1nn(Cc2cccc(F)c2)c(C)c1NC(=O)Nc1cccc(C(F)(F)F)c1. The lowest BCUT2D eigenvalue weighted by Crippen LogP contribution is -2.20. The van der Waals surface area contributed by atoms with Gasteiger partial charge in [-0.1, -0.05) is 18.2 Å². The van der Waals surface area contributed by atoms with Crippen molar-refractivity contribution in [1.29, 1.82) is 0 Å². The second kappa shape index (κ2) is 7.94. The van der Waals surface area contributed by atoms with E-state index in [1.807, 2.05) is 0 Å². The smallest absolute Gasteiger partial charge is 0.308 e. The summed E-state index contributed by atoms with van der Waals surface area (Å²) >= 11 is 0. The zero-order valence-corrected chi connectivity index (χ0v) is 15.6. The molecule has 3 rings (SSSR count). The van der Waals surface area contributed by atoms with E-state index in [4.69, 9.17) is 0 Å². The van der Waals surface area contributed by atoms with E-state index < -0.39 is 17.8 Å². The number of urea groups is 1. The van der Waals surface area contributed by atoms with Crippen molar-refractivity contribution in [2.75, 3.05) is 10.6 Å². The quantitative estimate of drug-likeness (QED) is 0.574. The molecule has 1 heterocycles. The van der Waals surface area contributed by atoms with E-state index in [0.717, 1.165) is 12.1 Å². The number of amides is 2. The highest BCUT2D eigenvalue weighted by Gasteiger charge is 2.30. The molecule has 2 N–H and O–H groups in total. The molecule has 1 aromatic heterocycles. The van der Waals surface area contributed by atoms with Crippen LogP contribution in [-0.2, 0) is 12.7 Å². The summed E-state index contributed by atoms with van der Waals surface area (Å²) in [6.07, 6.45) is -4.50. The Morgan fingerprint density at radius 2 is 1.79 bits per heavy atom. The van der Waals surface area contributed by atoms with Crippen LogP contribution in [0.2, 0.25) is 0 Å². The first-order valence-corrected chi connectivity index (χ1v) is 8.67. The van der Waals surface area contributed by atoms with Crippen molar-refractivity contribution in [3.63, 3.8) is 0 Å². The number of carbonyl (C=O) groups is 1. The van der Waals surface area contributed by atoms with Crippen LogP contribution in [0.25, 0.3) is 0 Å². The summed E-state index contributed by atoms with van der Waals surface area (Å²) in [7, 11) is 0. The number of carbonyl (C=O) groups excluding carboxylic acids is 1. The van der Waals surface area contributed by atoms with Crippen LogP contribution < -0.4 is 10.6 Å². The minimum absolute atomic E-state index is 0.0137. The monoisotopic (exact) mass is 406 g/mol. The fourth-order valence-corrected chi connectivity index (χ4v) is 2.89. The minimum atomic E-state index is -4.50. The number of nitrogens with one attached hydrogen (secondary N) is 2. The average molecular weight is 406 g/mol. The summed E-state index contributed by atoms with van der Waals surface area (Å²) in [6, 6.07) is 9.75. The lowest BCUT2D eigenvalue weighted by molar-refractivity contribution is -0.137. The number of rotatable bonds is 4. The predicted molar refractivity (Wildman–Crippen MR) is 101 cm³/mol. The molecule has 2 amide bonds. The van der Waals surface area contributed by atoms with E-state index >= 15 is 0 Å². The third-order valence-corrected chi connectivity index (χ3v) is 4.29. The Bertz CT molecular complexity index is 1040. The topological polar surface area (TPSA) is 59.0 Å². The average Bonchev–Trinajstić information content (AvgIpc) is 2.89. The molecule has 152 valence electrons. The second-order valence-corrected chi connectivity index (χ2v) is 6.49. The molecule has 2 aromatic carbocycles. The van der Waals surface area contributed by atoms with Crippen LogP contribution in [0.3, 0.4) is 0 Å². The molecule has 9 heteroatoms. The maximum atomic E-state index is 13.4. The maximum Gasteiger partial charge on any atom is 0.416 e. The number of aromatic nitrogens is 2. The normalized spacial score (nSPS) is 11.4. The number of nitrogens with zero attached hydrogens (tertiary/aromatic N) is 2. The van der Waals surface area contributed by atoms with Gasteiger partial charge in [-0.25, -0.2) is 9.18 Å². The number of benzene rings is 2. The zero-order valence-electron chi connectivity index (χ0n) is 15.6. The van der Waals surface area contributed by atoms with Crippen molar-refractivity contribution >= 4 is 17.4 Å². The van der Waals surface area contributed by atoms with Gasteiger partial charge in [-0.2, -0.15) is 18.3 Å². The first-order valence-electron chi connectivity index (χ1n) is 8.67. The summed E-state index contributed by atoms with van der Waals surface area (Å²) in [5.41, 5.74) is 1.45. The minimum Gasteiger partial charge on any atom is -0.308 e. The van der Waals surface area contributed by atoms with Crippen LogP contribution in [0.5, 0.6) is 0 Å². The number of hydrogen-bond acceptors (Lipinski definition) is 2. The van der Waals surface area contributed by atoms with Crippen LogP contribution in [0.15, 0.2) is 48.5 Å². The van der Waals surface area contributed by atoms with Gasteiger partial charge in [0.15, 0.2) is 0 Å². The fraction of sp³-hybridized carbons (Fsp3) is 0.200. The maximum absolute atomic E-state index is 13.4. The summed E-state index contributed by atoms with van der Waals surface area (Å²) in [5.74, 6) is -0.358. The van der Waals surface area contributed by atoms with Crippen LogP contribution in [0, 0.1) is 19.7 Å². The third-order valence-electron chi connectivity index (χ3n) is 4.29. The van der Waals surface area contributed by atoms with Gasteiger partial charge in [-0.3, -0.25) is 4.68 Å². The summed E-state index contributed by atoms with van der Waals surface area (Å²) < 4.78 is 53.4. The van der Waals surface area contributed by atoms with Crippen molar-refractivity contribution in [1.82, 2.24) is 9.78 Å². The van der Waals surface area contributed by atoms with Gasteiger partial charge in [0.25, 0.3) is 0 Å². The molecule has 0 spiro atoms. The molecule has 0 bridgehead atoms. The molecule has 0 unspecified atom stereocenters. The second-order valence-electron chi connectivity index (χ2n) is 6.49. The van der Waals surface area contributed by atoms with Gasteiger partial charge in [-0.15, -0.1) is 0 Å². The summed E-state index contributed by atoms with van der Waals surface area (Å²) in [4.78, 5) is 12.3. The highest BCUT2D eigenvalue weighted by atomic mass is 19.4. The van der Waals surface area contributed by atoms with Gasteiger partial charge < -0.3 is 10.6 Å². The molecule has 0 fully saturated rings. The number of alkyl halides is 3. The molecule has 5 nitrogen and oxygen atoms in total. The largest absolute Gasteiger partial charge is 0.416 e. The highest BCUT2D eigenvalue weighted by Crippen LogP contribution is 2.30. The van der Waals surface area contributed by atoms with E-state index in [9.17, 15) is 22.4 Å². The Morgan fingerprint density at radius 3 is 2.48 bits per heavy atom. The number of anilines is 2. The Labute approximate surface area is 164 Å². The Morgan fingerprint density at radius 1 is 1.07 bits per heavy atom. The van der Waals surface area contributed by atoms with Gasteiger partial charge in [0.05, 0.1) is 29.2 Å². The van der Waals surface area contributed by atoms with E-state index in [2.05, 4.69) is 15.7 Å². The van der Waals surface area contributed by atoms with Crippen molar-refractivity contribution in [2.24, 2.45) is 0 Å². The molecule has 0 saturated carbocycles. The van der Waals surface area contributed by atoms with Crippen LogP contribution in [-0.4, -0.2) is 15.8 Å². The van der Waals surface area contributed by atoms with Crippen molar-refractivity contribution in [3.8, 4) is 0 Å². The first-order chi connectivity index (χ1) is 13.6. The highest BCUT2D eigenvalue weighted by molar-refractivity contribution is 6.00. The number of halogens is 4. The number of aryl methyl sites for hydroxylation is 1. The molecule has 0 aliphatic heterocycles. The lowest BCUT2D eigenvalue weighted by atomic mass is 10.2. The molecule has 0 aliphatic rings. The van der Waals surface area contributed by atoms with Crippen LogP contribution in [0.1, 0.15) is 22.5 Å². The Kier molecular flexibility index (Phi) is 5.58. The van der Waals surface area contributed by atoms with E-state index in [0.29, 0.717) is 29.2 Å². The summed E-state index contributed by atoms with van der Waals surface area (Å²) in [6.45, 7) is 3.73. The first kappa shape index (κ1) is 20.4. The molecule has 0 aliphatic carbocycles. The van der Waals surface area contributed by atoms with Gasteiger partial charge in [0.2, 0.25) is 0 Å². The van der Waals surface area contributed by atoms with E-state index in [-0.39, 0.29) is 11.5 Å². The lowest BCUT2D eigenvalue weighted by Gasteiger charge is -2.11. The van der Waals surface area contributed by atoms with Gasteiger partial charge in [0, 0.05) is 5.69 Å².